The Morgan fingerprint density at radius 1 is 0.968 bits per heavy atom. The van der Waals surface area contributed by atoms with Crippen molar-refractivity contribution in [1.29, 1.82) is 0 Å². The molecule has 0 unspecified atom stereocenters. The molecule has 1 fully saturated rings. The van der Waals surface area contributed by atoms with E-state index in [4.69, 9.17) is 0 Å². The van der Waals surface area contributed by atoms with Crippen LogP contribution in [-0.4, -0.2) is 59.5 Å². The van der Waals surface area contributed by atoms with Gasteiger partial charge < -0.3 is 4.90 Å². The van der Waals surface area contributed by atoms with E-state index in [-0.39, 0.29) is 32.1 Å². The number of halogens is 2. The average Bonchev–Trinajstić information content (AvgIpc) is 3.21. The summed E-state index contributed by atoms with van der Waals surface area (Å²) in [6.07, 6.45) is 1.69. The predicted octanol–water partition coefficient (Wildman–Crippen LogP) is 2.61. The first-order valence-electron chi connectivity index (χ1n) is 9.63. The van der Waals surface area contributed by atoms with E-state index in [1.165, 1.54) is 0 Å². The average molecular weight is 446 g/mol. The maximum absolute atomic E-state index is 14.0. The quantitative estimate of drug-likeness (QED) is 0.618. The van der Waals surface area contributed by atoms with Crippen LogP contribution < -0.4 is 0 Å². The van der Waals surface area contributed by atoms with Crippen molar-refractivity contribution in [3.8, 4) is 5.69 Å². The van der Waals surface area contributed by atoms with Gasteiger partial charge in [-0.2, -0.15) is 9.40 Å². The molecule has 1 aliphatic rings. The molecule has 4 rings (SSSR count). The van der Waals surface area contributed by atoms with Crippen molar-refractivity contribution in [3.63, 3.8) is 0 Å². The fraction of sp³-hybridized carbons (Fsp3) is 0.238. The molecular formula is C21H20F2N4O3S. The summed E-state index contributed by atoms with van der Waals surface area (Å²) in [6.45, 7) is 2.21. The highest BCUT2D eigenvalue weighted by Gasteiger charge is 2.32. The third-order valence-electron chi connectivity index (χ3n) is 5.23. The van der Waals surface area contributed by atoms with Gasteiger partial charge in [0.15, 0.2) is 0 Å². The zero-order valence-electron chi connectivity index (χ0n) is 16.7. The summed E-state index contributed by atoms with van der Waals surface area (Å²) < 4.78 is 55.6. The van der Waals surface area contributed by atoms with Crippen LogP contribution in [0.4, 0.5) is 8.78 Å². The first-order chi connectivity index (χ1) is 14.8. The Hall–Kier alpha value is -3.11. The number of carbonyl (C=O) groups excluding carboxylic acids is 1. The SMILES string of the molecule is Cc1ccnn1-c1ccc(C(=O)N2CCN(S(=O)(=O)c3cc(F)ccc3F)CC2)cc1. The van der Waals surface area contributed by atoms with Crippen molar-refractivity contribution >= 4 is 15.9 Å². The second kappa shape index (κ2) is 8.20. The second-order valence-electron chi connectivity index (χ2n) is 7.20. The van der Waals surface area contributed by atoms with Gasteiger partial charge in [0.05, 0.1) is 5.69 Å². The third-order valence-corrected chi connectivity index (χ3v) is 7.14. The fourth-order valence-electron chi connectivity index (χ4n) is 3.51. The Morgan fingerprint density at radius 2 is 1.65 bits per heavy atom. The molecule has 0 atom stereocenters. The summed E-state index contributed by atoms with van der Waals surface area (Å²) in [7, 11) is -4.19. The lowest BCUT2D eigenvalue weighted by molar-refractivity contribution is 0.0697. The van der Waals surface area contributed by atoms with Crippen molar-refractivity contribution in [2.24, 2.45) is 0 Å². The summed E-state index contributed by atoms with van der Waals surface area (Å²) >= 11 is 0. The van der Waals surface area contributed by atoms with Gasteiger partial charge in [-0.15, -0.1) is 0 Å². The van der Waals surface area contributed by atoms with Crippen LogP contribution in [0, 0.1) is 18.6 Å². The van der Waals surface area contributed by atoms with E-state index in [2.05, 4.69) is 5.10 Å². The van der Waals surface area contributed by atoms with E-state index in [1.807, 2.05) is 13.0 Å². The van der Waals surface area contributed by atoms with Gasteiger partial charge in [-0.25, -0.2) is 21.9 Å². The summed E-state index contributed by atoms with van der Waals surface area (Å²) in [4.78, 5) is 13.7. The molecule has 7 nitrogen and oxygen atoms in total. The predicted molar refractivity (Wildman–Crippen MR) is 109 cm³/mol. The number of nitrogens with zero attached hydrogens (tertiary/aromatic N) is 4. The first-order valence-corrected chi connectivity index (χ1v) is 11.1. The van der Waals surface area contributed by atoms with E-state index in [1.54, 1.807) is 40.0 Å². The van der Waals surface area contributed by atoms with Gasteiger partial charge in [-0.1, -0.05) is 0 Å². The van der Waals surface area contributed by atoms with Gasteiger partial charge >= 0.3 is 0 Å². The Labute approximate surface area is 178 Å². The van der Waals surface area contributed by atoms with Crippen LogP contribution in [0.15, 0.2) is 59.6 Å². The lowest BCUT2D eigenvalue weighted by atomic mass is 10.1. The minimum absolute atomic E-state index is 0.00536. The number of sulfonamides is 1. The highest BCUT2D eigenvalue weighted by atomic mass is 32.2. The number of aryl methyl sites for hydroxylation is 1. The molecule has 1 aromatic heterocycles. The van der Waals surface area contributed by atoms with Gasteiger partial charge in [0.2, 0.25) is 10.0 Å². The molecule has 1 saturated heterocycles. The molecule has 1 aliphatic heterocycles. The molecule has 0 spiro atoms. The number of hydrogen-bond acceptors (Lipinski definition) is 4. The zero-order valence-corrected chi connectivity index (χ0v) is 17.5. The third kappa shape index (κ3) is 4.08. The van der Waals surface area contributed by atoms with E-state index >= 15 is 0 Å². The Balaban J connectivity index is 1.44. The summed E-state index contributed by atoms with van der Waals surface area (Å²) in [5.74, 6) is -2.06. The maximum atomic E-state index is 14.0. The second-order valence-corrected chi connectivity index (χ2v) is 9.11. The molecule has 0 aliphatic carbocycles. The van der Waals surface area contributed by atoms with Gasteiger partial charge in [0, 0.05) is 43.6 Å². The molecule has 10 heteroatoms. The molecule has 1 amide bonds. The largest absolute Gasteiger partial charge is 0.336 e. The van der Waals surface area contributed by atoms with Crippen molar-refractivity contribution in [2.75, 3.05) is 26.2 Å². The first kappa shape index (κ1) is 21.1. The molecule has 3 aromatic rings. The Kier molecular flexibility index (Phi) is 5.59. The van der Waals surface area contributed by atoms with Crippen molar-refractivity contribution in [3.05, 3.63) is 77.6 Å². The standard InChI is InChI=1S/C21H20F2N4O3S/c1-15-8-9-24-27(15)18-5-2-16(3-6-18)21(28)25-10-12-26(13-11-25)31(29,30)20-14-17(22)4-7-19(20)23/h2-9,14H,10-13H2,1H3. The van der Waals surface area contributed by atoms with Crippen LogP contribution in [0.2, 0.25) is 0 Å². The molecule has 0 saturated carbocycles. The molecule has 0 bridgehead atoms. The number of amides is 1. The molecule has 31 heavy (non-hydrogen) atoms. The van der Waals surface area contributed by atoms with Crippen LogP contribution in [-0.2, 0) is 10.0 Å². The van der Waals surface area contributed by atoms with Crippen LogP contribution in [0.5, 0.6) is 0 Å². The minimum Gasteiger partial charge on any atom is -0.336 e. The van der Waals surface area contributed by atoms with Gasteiger partial charge in [0.1, 0.15) is 16.5 Å². The van der Waals surface area contributed by atoms with E-state index < -0.39 is 26.6 Å². The lowest BCUT2D eigenvalue weighted by Crippen LogP contribution is -2.50. The molecular weight excluding hydrogens is 426 g/mol. The molecule has 0 N–H and O–H groups in total. The van der Waals surface area contributed by atoms with E-state index in [0.717, 1.165) is 27.8 Å². The minimum atomic E-state index is -4.19. The molecule has 2 aromatic carbocycles. The molecule has 0 radical (unpaired) electrons. The maximum Gasteiger partial charge on any atom is 0.253 e. The summed E-state index contributed by atoms with van der Waals surface area (Å²) in [6, 6.07) is 11.2. The summed E-state index contributed by atoms with van der Waals surface area (Å²) in [5, 5.41) is 4.23. The number of benzene rings is 2. The van der Waals surface area contributed by atoms with Gasteiger partial charge in [0.25, 0.3) is 5.91 Å². The van der Waals surface area contributed by atoms with Crippen LogP contribution in [0.1, 0.15) is 16.1 Å². The van der Waals surface area contributed by atoms with Crippen LogP contribution in [0.25, 0.3) is 5.69 Å². The zero-order chi connectivity index (χ0) is 22.2. The van der Waals surface area contributed by atoms with Crippen LogP contribution >= 0.6 is 0 Å². The van der Waals surface area contributed by atoms with Gasteiger partial charge in [-0.05, 0) is 55.5 Å². The molecule has 2 heterocycles. The smallest absolute Gasteiger partial charge is 0.253 e. The van der Waals surface area contributed by atoms with Crippen molar-refractivity contribution < 1.29 is 22.0 Å². The highest BCUT2D eigenvalue weighted by molar-refractivity contribution is 7.89. The number of aromatic nitrogens is 2. The molecule has 162 valence electrons. The van der Waals surface area contributed by atoms with Crippen molar-refractivity contribution in [2.45, 2.75) is 11.8 Å². The number of piperazine rings is 1. The van der Waals surface area contributed by atoms with Gasteiger partial charge in [-0.3, -0.25) is 4.79 Å². The van der Waals surface area contributed by atoms with Crippen molar-refractivity contribution in [1.82, 2.24) is 19.0 Å². The van der Waals surface area contributed by atoms with E-state index in [0.29, 0.717) is 11.6 Å². The van der Waals surface area contributed by atoms with E-state index in [9.17, 15) is 22.0 Å². The number of carbonyl (C=O) groups is 1. The Bertz CT molecular complexity index is 1220. The fourth-order valence-corrected chi connectivity index (χ4v) is 5.01. The lowest BCUT2D eigenvalue weighted by Gasteiger charge is -2.34. The highest BCUT2D eigenvalue weighted by Crippen LogP contribution is 2.22. The number of rotatable bonds is 4. The monoisotopic (exact) mass is 446 g/mol. The normalized spacial score (nSPS) is 15.3. The topological polar surface area (TPSA) is 75.5 Å². The van der Waals surface area contributed by atoms with Crippen LogP contribution in [0.3, 0.4) is 0 Å². The Morgan fingerprint density at radius 3 is 2.26 bits per heavy atom. The number of hydrogen-bond donors (Lipinski definition) is 0. The summed E-state index contributed by atoms with van der Waals surface area (Å²) in [5.41, 5.74) is 2.26.